The number of halogens is 1. The van der Waals surface area contributed by atoms with Crippen LogP contribution in [-0.2, 0) is 21.2 Å². The number of pyridine rings is 1. The Morgan fingerprint density at radius 2 is 1.96 bits per heavy atom. The SMILES string of the molecule is CCOc1ccc2c(S(N)(=O)=O)cc(NC(=O)Cc3ccccc3Cl)cc2n1. The lowest BCUT2D eigenvalue weighted by Gasteiger charge is -2.11. The van der Waals surface area contributed by atoms with E-state index < -0.39 is 10.0 Å². The Morgan fingerprint density at radius 1 is 1.21 bits per heavy atom. The number of fused-ring (bicyclic) bond motifs is 1. The second-order valence-electron chi connectivity index (χ2n) is 5.98. The highest BCUT2D eigenvalue weighted by molar-refractivity contribution is 7.89. The van der Waals surface area contributed by atoms with E-state index in [0.29, 0.717) is 34.0 Å². The molecule has 0 unspecified atom stereocenters. The van der Waals surface area contributed by atoms with Crippen LogP contribution in [0.25, 0.3) is 10.9 Å². The molecular weight excluding hydrogens is 402 g/mol. The first-order valence-electron chi connectivity index (χ1n) is 8.41. The topological polar surface area (TPSA) is 111 Å². The number of amides is 1. The lowest BCUT2D eigenvalue weighted by atomic mass is 10.1. The highest BCUT2D eigenvalue weighted by Crippen LogP contribution is 2.28. The first-order chi connectivity index (χ1) is 13.3. The molecule has 0 fully saturated rings. The first kappa shape index (κ1) is 20.1. The third-order valence-electron chi connectivity index (χ3n) is 3.93. The number of nitrogens with zero attached hydrogens (tertiary/aromatic N) is 1. The van der Waals surface area contributed by atoms with E-state index in [1.807, 2.05) is 6.92 Å². The van der Waals surface area contributed by atoms with Crippen molar-refractivity contribution in [2.75, 3.05) is 11.9 Å². The third-order valence-corrected chi connectivity index (χ3v) is 5.25. The molecule has 1 amide bonds. The summed E-state index contributed by atoms with van der Waals surface area (Å²) in [5.41, 5.74) is 1.26. The number of carbonyl (C=O) groups excluding carboxylic acids is 1. The lowest BCUT2D eigenvalue weighted by molar-refractivity contribution is -0.115. The van der Waals surface area contributed by atoms with E-state index in [9.17, 15) is 13.2 Å². The molecule has 3 rings (SSSR count). The molecule has 0 radical (unpaired) electrons. The summed E-state index contributed by atoms with van der Waals surface area (Å²) >= 11 is 6.08. The summed E-state index contributed by atoms with van der Waals surface area (Å²) in [6.45, 7) is 2.22. The van der Waals surface area contributed by atoms with Crippen molar-refractivity contribution in [2.45, 2.75) is 18.2 Å². The molecule has 7 nitrogen and oxygen atoms in total. The Bertz CT molecular complexity index is 1150. The number of hydrogen-bond acceptors (Lipinski definition) is 5. The van der Waals surface area contributed by atoms with E-state index in [-0.39, 0.29) is 22.9 Å². The maximum atomic E-state index is 12.4. The maximum Gasteiger partial charge on any atom is 0.238 e. The van der Waals surface area contributed by atoms with Crippen LogP contribution in [0.2, 0.25) is 5.02 Å². The molecule has 0 aliphatic rings. The van der Waals surface area contributed by atoms with Gasteiger partial charge in [0, 0.05) is 22.2 Å². The van der Waals surface area contributed by atoms with Crippen molar-refractivity contribution >= 4 is 44.1 Å². The van der Waals surface area contributed by atoms with E-state index in [4.69, 9.17) is 21.5 Å². The number of rotatable bonds is 6. The van der Waals surface area contributed by atoms with Crippen LogP contribution in [0, 0.1) is 0 Å². The van der Waals surface area contributed by atoms with Crippen LogP contribution in [0.5, 0.6) is 5.88 Å². The van der Waals surface area contributed by atoms with Gasteiger partial charge in [-0.05, 0) is 36.8 Å². The number of ether oxygens (including phenoxy) is 1. The molecule has 3 aromatic rings. The number of nitrogens with one attached hydrogen (secondary N) is 1. The van der Waals surface area contributed by atoms with Gasteiger partial charge in [0.1, 0.15) is 0 Å². The monoisotopic (exact) mass is 419 g/mol. The van der Waals surface area contributed by atoms with Crippen LogP contribution in [0.4, 0.5) is 5.69 Å². The van der Waals surface area contributed by atoms with E-state index >= 15 is 0 Å². The lowest BCUT2D eigenvalue weighted by Crippen LogP contribution is -2.17. The predicted octanol–water partition coefficient (Wildman–Crippen LogP) is 3.12. The molecule has 28 heavy (non-hydrogen) atoms. The van der Waals surface area contributed by atoms with Crippen LogP contribution in [0.3, 0.4) is 0 Å². The van der Waals surface area contributed by atoms with Crippen molar-refractivity contribution < 1.29 is 17.9 Å². The van der Waals surface area contributed by atoms with Gasteiger partial charge in [-0.25, -0.2) is 18.5 Å². The first-order valence-corrected chi connectivity index (χ1v) is 10.3. The van der Waals surface area contributed by atoms with Gasteiger partial charge in [0.15, 0.2) is 0 Å². The number of aromatic nitrogens is 1. The fourth-order valence-electron chi connectivity index (χ4n) is 2.74. The third kappa shape index (κ3) is 4.59. The molecule has 2 aromatic carbocycles. The number of benzene rings is 2. The Labute approximate surface area is 167 Å². The molecule has 0 saturated heterocycles. The number of sulfonamides is 1. The van der Waals surface area contributed by atoms with Gasteiger partial charge in [0.2, 0.25) is 21.8 Å². The van der Waals surface area contributed by atoms with Gasteiger partial charge in [0.25, 0.3) is 0 Å². The maximum absolute atomic E-state index is 12.4. The molecule has 0 aliphatic heterocycles. The Balaban J connectivity index is 1.98. The van der Waals surface area contributed by atoms with Gasteiger partial charge in [-0.15, -0.1) is 0 Å². The summed E-state index contributed by atoms with van der Waals surface area (Å²) < 4.78 is 29.4. The van der Waals surface area contributed by atoms with E-state index in [0.717, 1.165) is 0 Å². The van der Waals surface area contributed by atoms with E-state index in [1.165, 1.54) is 6.07 Å². The molecule has 1 aromatic heterocycles. The molecule has 3 N–H and O–H groups in total. The molecule has 1 heterocycles. The zero-order valence-corrected chi connectivity index (χ0v) is 16.5. The zero-order valence-electron chi connectivity index (χ0n) is 15.0. The van der Waals surface area contributed by atoms with Crippen LogP contribution in [0.1, 0.15) is 12.5 Å². The van der Waals surface area contributed by atoms with Crippen molar-refractivity contribution in [1.29, 1.82) is 0 Å². The summed E-state index contributed by atoms with van der Waals surface area (Å²) in [5.74, 6) is -0.0105. The van der Waals surface area contributed by atoms with Crippen molar-refractivity contribution in [3.05, 3.63) is 59.1 Å². The van der Waals surface area contributed by atoms with Crippen molar-refractivity contribution in [2.24, 2.45) is 5.14 Å². The van der Waals surface area contributed by atoms with Crippen molar-refractivity contribution in [1.82, 2.24) is 4.98 Å². The molecular formula is C19H18ClN3O4S. The summed E-state index contributed by atoms with van der Waals surface area (Å²) in [4.78, 5) is 16.6. The van der Waals surface area contributed by atoms with Crippen LogP contribution >= 0.6 is 11.6 Å². The largest absolute Gasteiger partial charge is 0.478 e. The Kier molecular flexibility index (Phi) is 5.83. The normalized spacial score (nSPS) is 11.4. The Morgan fingerprint density at radius 3 is 2.64 bits per heavy atom. The highest BCUT2D eigenvalue weighted by atomic mass is 35.5. The number of primary sulfonamides is 1. The van der Waals surface area contributed by atoms with Crippen molar-refractivity contribution in [3.8, 4) is 5.88 Å². The summed E-state index contributed by atoms with van der Waals surface area (Å²) in [5, 5.41) is 8.84. The zero-order chi connectivity index (χ0) is 20.3. The molecule has 0 bridgehead atoms. The fraction of sp³-hybridized carbons (Fsp3) is 0.158. The van der Waals surface area contributed by atoms with Crippen LogP contribution < -0.4 is 15.2 Å². The van der Waals surface area contributed by atoms with E-state index in [1.54, 1.807) is 42.5 Å². The number of hydrogen-bond donors (Lipinski definition) is 2. The molecule has 0 atom stereocenters. The number of carbonyl (C=O) groups is 1. The average molecular weight is 420 g/mol. The van der Waals surface area contributed by atoms with Gasteiger partial charge in [-0.3, -0.25) is 4.79 Å². The fourth-order valence-corrected chi connectivity index (χ4v) is 3.71. The van der Waals surface area contributed by atoms with Gasteiger partial charge in [0.05, 0.1) is 23.4 Å². The Hall–Kier alpha value is -2.68. The summed E-state index contributed by atoms with van der Waals surface area (Å²) in [6.07, 6.45) is 0.0365. The van der Waals surface area contributed by atoms with E-state index in [2.05, 4.69) is 10.3 Å². The molecule has 0 saturated carbocycles. The predicted molar refractivity (Wildman–Crippen MR) is 108 cm³/mol. The molecule has 9 heteroatoms. The molecule has 146 valence electrons. The van der Waals surface area contributed by atoms with Crippen molar-refractivity contribution in [3.63, 3.8) is 0 Å². The summed E-state index contributed by atoms with van der Waals surface area (Å²) in [6, 6.07) is 13.0. The molecule has 0 spiro atoms. The van der Waals surface area contributed by atoms with Crippen LogP contribution in [0.15, 0.2) is 53.4 Å². The van der Waals surface area contributed by atoms with Crippen LogP contribution in [-0.4, -0.2) is 25.9 Å². The van der Waals surface area contributed by atoms with Gasteiger partial charge in [-0.2, -0.15) is 0 Å². The standard InChI is InChI=1S/C19H18ClN3O4S/c1-2-27-19-8-7-14-16(23-19)10-13(11-17(14)28(21,25)26)22-18(24)9-12-5-3-4-6-15(12)20/h3-8,10-11H,2,9H2,1H3,(H,22,24)(H2,21,25,26). The minimum Gasteiger partial charge on any atom is -0.478 e. The quantitative estimate of drug-likeness (QED) is 0.637. The number of anilines is 1. The van der Waals surface area contributed by atoms with Gasteiger partial charge < -0.3 is 10.1 Å². The van der Waals surface area contributed by atoms with Gasteiger partial charge >= 0.3 is 0 Å². The van der Waals surface area contributed by atoms with Gasteiger partial charge in [-0.1, -0.05) is 29.8 Å². The smallest absolute Gasteiger partial charge is 0.238 e. The summed E-state index contributed by atoms with van der Waals surface area (Å²) in [7, 11) is -4.03. The minimum atomic E-state index is -4.03. The molecule has 0 aliphatic carbocycles. The number of nitrogens with two attached hydrogens (primary N) is 1. The second-order valence-corrected chi connectivity index (χ2v) is 7.92. The minimum absolute atomic E-state index is 0.0365. The highest BCUT2D eigenvalue weighted by Gasteiger charge is 2.17. The average Bonchev–Trinajstić information content (AvgIpc) is 2.62. The second kappa shape index (κ2) is 8.14.